The molecule has 7 heteroatoms. The Kier molecular flexibility index (Phi) is 7.24. The SMILES string of the molecule is CN1[CH-]N(c2[c-]c(Oc3[c-]c4c(cc3)c3ccccc3n4-c3cc(C(C)(C)C)ccn3)cc(C#N)c2)c2ccccc21.[Pt]. The van der Waals surface area contributed by atoms with Gasteiger partial charge in [0.1, 0.15) is 5.82 Å². The Morgan fingerprint density at radius 3 is 2.42 bits per heavy atom. The molecule has 0 spiro atoms. The predicted molar refractivity (Wildman–Crippen MR) is 167 cm³/mol. The van der Waals surface area contributed by atoms with Gasteiger partial charge in [-0.1, -0.05) is 67.9 Å². The summed E-state index contributed by atoms with van der Waals surface area (Å²) in [6.07, 6.45) is 1.87. The number of nitriles is 1. The van der Waals surface area contributed by atoms with Gasteiger partial charge in [-0.3, -0.25) is 0 Å². The van der Waals surface area contributed by atoms with Crippen molar-refractivity contribution < 1.29 is 25.8 Å². The molecule has 3 heterocycles. The molecule has 0 saturated heterocycles. The van der Waals surface area contributed by atoms with Crippen LogP contribution in [-0.2, 0) is 26.5 Å². The zero-order valence-electron chi connectivity index (χ0n) is 24.2. The summed E-state index contributed by atoms with van der Waals surface area (Å²) in [5.41, 5.74) is 6.39. The van der Waals surface area contributed by atoms with Crippen molar-refractivity contribution in [2.75, 3.05) is 16.8 Å². The number of para-hydroxylation sites is 3. The van der Waals surface area contributed by atoms with Gasteiger partial charge in [0.15, 0.2) is 0 Å². The summed E-state index contributed by atoms with van der Waals surface area (Å²) >= 11 is 0. The van der Waals surface area contributed by atoms with Crippen LogP contribution in [0.1, 0.15) is 31.9 Å². The van der Waals surface area contributed by atoms with E-state index >= 15 is 0 Å². The van der Waals surface area contributed by atoms with Crippen LogP contribution >= 0.6 is 0 Å². The first-order valence-electron chi connectivity index (χ1n) is 13.8. The van der Waals surface area contributed by atoms with Gasteiger partial charge < -0.3 is 19.1 Å². The average Bonchev–Trinajstić information content (AvgIpc) is 3.51. The third kappa shape index (κ3) is 5.05. The molecular weight excluding hydrogens is 714 g/mol. The van der Waals surface area contributed by atoms with Crippen LogP contribution in [0.2, 0.25) is 0 Å². The second-order valence-corrected chi connectivity index (χ2v) is 11.5. The van der Waals surface area contributed by atoms with E-state index in [2.05, 4.69) is 79.9 Å². The number of aromatic nitrogens is 2. The van der Waals surface area contributed by atoms with E-state index in [0.29, 0.717) is 17.1 Å². The van der Waals surface area contributed by atoms with E-state index in [9.17, 15) is 5.26 Å². The van der Waals surface area contributed by atoms with Gasteiger partial charge in [0.25, 0.3) is 0 Å². The first kappa shape index (κ1) is 28.5. The van der Waals surface area contributed by atoms with Crippen molar-refractivity contribution in [3.05, 3.63) is 121 Å². The van der Waals surface area contributed by atoms with E-state index in [1.54, 1.807) is 6.07 Å². The molecule has 0 unspecified atom stereocenters. The van der Waals surface area contributed by atoms with Crippen LogP contribution < -0.4 is 14.5 Å². The minimum Gasteiger partial charge on any atom is -0.509 e. The fourth-order valence-corrected chi connectivity index (χ4v) is 5.53. The molecule has 1 aliphatic heterocycles. The maximum absolute atomic E-state index is 9.83. The molecule has 1 aliphatic rings. The molecule has 0 bridgehead atoms. The molecule has 0 amide bonds. The van der Waals surface area contributed by atoms with Crippen molar-refractivity contribution in [3.63, 3.8) is 0 Å². The third-order valence-corrected chi connectivity index (χ3v) is 7.65. The number of anilines is 3. The fraction of sp³-hybridized carbons (Fsp3) is 0.139. The molecule has 2 aromatic heterocycles. The molecule has 0 radical (unpaired) electrons. The van der Waals surface area contributed by atoms with E-state index in [1.807, 2.05) is 72.2 Å². The van der Waals surface area contributed by atoms with Crippen molar-refractivity contribution >= 4 is 38.9 Å². The van der Waals surface area contributed by atoms with E-state index in [-0.39, 0.29) is 26.5 Å². The van der Waals surface area contributed by atoms with Gasteiger partial charge in [-0.15, -0.1) is 35.7 Å². The molecule has 0 fully saturated rings. The smallest absolute Gasteiger partial charge is 0.135 e. The number of fused-ring (bicyclic) bond motifs is 4. The zero-order valence-corrected chi connectivity index (χ0v) is 26.5. The second-order valence-electron chi connectivity index (χ2n) is 11.5. The summed E-state index contributed by atoms with van der Waals surface area (Å²) < 4.78 is 8.50. The van der Waals surface area contributed by atoms with Crippen LogP contribution in [0.15, 0.2) is 91.1 Å². The van der Waals surface area contributed by atoms with Crippen molar-refractivity contribution in [2.24, 2.45) is 0 Å². The molecule has 4 aromatic carbocycles. The van der Waals surface area contributed by atoms with E-state index < -0.39 is 0 Å². The Balaban J connectivity index is 0.00000329. The average molecular weight is 742 g/mol. The van der Waals surface area contributed by atoms with Gasteiger partial charge in [-0.25, -0.2) is 4.98 Å². The van der Waals surface area contributed by atoms with Crippen molar-refractivity contribution in [2.45, 2.75) is 26.2 Å². The van der Waals surface area contributed by atoms with Crippen LogP contribution in [-0.4, -0.2) is 16.6 Å². The fourth-order valence-electron chi connectivity index (χ4n) is 5.53. The Morgan fingerprint density at radius 2 is 1.63 bits per heavy atom. The zero-order chi connectivity index (χ0) is 29.0. The number of nitrogens with zero attached hydrogens (tertiary/aromatic N) is 5. The Hall–Kier alpha value is -4.59. The first-order chi connectivity index (χ1) is 20.3. The summed E-state index contributed by atoms with van der Waals surface area (Å²) in [6, 6.07) is 37.3. The summed E-state index contributed by atoms with van der Waals surface area (Å²) in [6.45, 7) is 8.59. The number of hydrogen-bond donors (Lipinski definition) is 0. The maximum atomic E-state index is 9.83. The van der Waals surface area contributed by atoms with Crippen LogP contribution in [0.5, 0.6) is 11.5 Å². The topological polar surface area (TPSA) is 57.3 Å². The summed E-state index contributed by atoms with van der Waals surface area (Å²) in [5, 5.41) is 12.0. The van der Waals surface area contributed by atoms with E-state index in [4.69, 9.17) is 9.72 Å². The first-order valence-corrected chi connectivity index (χ1v) is 13.8. The molecule has 7 rings (SSSR count). The third-order valence-electron chi connectivity index (χ3n) is 7.65. The molecular formula is C36H28N5OPt-3. The van der Waals surface area contributed by atoms with Gasteiger partial charge in [0.2, 0.25) is 0 Å². The summed E-state index contributed by atoms with van der Waals surface area (Å²) in [5.74, 6) is 1.80. The van der Waals surface area contributed by atoms with Gasteiger partial charge >= 0.3 is 0 Å². The number of pyridine rings is 1. The molecule has 0 atom stereocenters. The van der Waals surface area contributed by atoms with Gasteiger partial charge in [0.05, 0.1) is 6.07 Å². The van der Waals surface area contributed by atoms with Crippen LogP contribution in [0, 0.1) is 30.1 Å². The molecule has 0 aliphatic carbocycles. The van der Waals surface area contributed by atoms with Crippen LogP contribution in [0.3, 0.4) is 0 Å². The number of benzene rings is 4. The standard InChI is InChI=1S/C36H28N5O.Pt/c1-36(2,3)25-15-16-38-35(19-25)41-31-10-6-5-9-29(31)30-14-13-27(21-34(30)41)42-28-18-24(22-37)17-26(20-28)40-23-39(4)32-11-7-8-12-33(32)40;/h5-19,23H,1-4H3;/q-3;. The molecule has 6 aromatic rings. The summed E-state index contributed by atoms with van der Waals surface area (Å²) in [4.78, 5) is 8.82. The normalized spacial score (nSPS) is 12.7. The second kappa shape index (κ2) is 10.9. The van der Waals surface area contributed by atoms with Crippen molar-refractivity contribution in [1.82, 2.24) is 9.55 Å². The molecule has 0 saturated carbocycles. The molecule has 216 valence electrons. The van der Waals surface area contributed by atoms with Crippen LogP contribution in [0.25, 0.3) is 27.6 Å². The van der Waals surface area contributed by atoms with E-state index in [0.717, 1.165) is 44.7 Å². The van der Waals surface area contributed by atoms with Gasteiger partial charge in [-0.2, -0.15) is 18.0 Å². The minimum atomic E-state index is -0.0180. The van der Waals surface area contributed by atoms with Gasteiger partial charge in [-0.05, 0) is 53.7 Å². The van der Waals surface area contributed by atoms with Gasteiger partial charge in [0, 0.05) is 55.7 Å². The largest absolute Gasteiger partial charge is 0.509 e. The van der Waals surface area contributed by atoms with E-state index in [1.165, 1.54) is 5.56 Å². The van der Waals surface area contributed by atoms with Crippen LogP contribution in [0.4, 0.5) is 17.1 Å². The monoisotopic (exact) mass is 741 g/mol. The van der Waals surface area contributed by atoms with Crippen molar-refractivity contribution in [1.29, 1.82) is 5.26 Å². The molecule has 6 nitrogen and oxygen atoms in total. The minimum absolute atomic E-state index is 0. The summed E-state index contributed by atoms with van der Waals surface area (Å²) in [7, 11) is 2.00. The molecule has 0 N–H and O–H groups in total. The predicted octanol–water partition coefficient (Wildman–Crippen LogP) is 8.45. The Morgan fingerprint density at radius 1 is 0.860 bits per heavy atom. The number of rotatable bonds is 4. The number of ether oxygens (including phenoxy) is 1. The Bertz CT molecular complexity index is 2030. The maximum Gasteiger partial charge on any atom is 0.135 e. The Labute approximate surface area is 266 Å². The number of hydrogen-bond acceptors (Lipinski definition) is 5. The van der Waals surface area contributed by atoms with Crippen molar-refractivity contribution in [3.8, 4) is 23.4 Å². The molecule has 43 heavy (non-hydrogen) atoms. The quantitative estimate of drug-likeness (QED) is 0.170.